The molecule has 1 unspecified atom stereocenters. The first-order valence-electron chi connectivity index (χ1n) is 8.77. The molecule has 0 aromatic heterocycles. The molecule has 1 atom stereocenters. The van der Waals surface area contributed by atoms with Crippen molar-refractivity contribution < 1.29 is 4.79 Å². The summed E-state index contributed by atoms with van der Waals surface area (Å²) in [7, 11) is 0. The van der Waals surface area contributed by atoms with Gasteiger partial charge in [0, 0.05) is 37.2 Å². The van der Waals surface area contributed by atoms with Gasteiger partial charge in [-0.05, 0) is 37.6 Å². The molecule has 2 aliphatic rings. The zero-order chi connectivity index (χ0) is 16.6. The van der Waals surface area contributed by atoms with Crippen molar-refractivity contribution in [2.75, 3.05) is 24.5 Å². The molecule has 2 saturated heterocycles. The molecule has 3 heteroatoms. The molecule has 2 aliphatic heterocycles. The number of hydrogen-bond acceptors (Lipinski definition) is 2. The fraction of sp³-hybridized carbons (Fsp3) is 0.381. The Labute approximate surface area is 143 Å². The standard InChI is InChI=1S/C21H24N2O/c1-17-7-9-19(10-8-17)23-16-21(13-20(23)24)11-12-22(15-21)14-18-5-3-2-4-6-18/h2-10H,11-16H2,1H3. The van der Waals surface area contributed by atoms with Crippen molar-refractivity contribution in [1.82, 2.24) is 4.90 Å². The summed E-state index contributed by atoms with van der Waals surface area (Å²) < 4.78 is 0. The lowest BCUT2D eigenvalue weighted by Crippen LogP contribution is -2.31. The normalized spacial score (nSPS) is 24.2. The lowest BCUT2D eigenvalue weighted by molar-refractivity contribution is -0.117. The first kappa shape index (κ1) is 15.4. The van der Waals surface area contributed by atoms with Crippen LogP contribution in [0.4, 0.5) is 5.69 Å². The minimum Gasteiger partial charge on any atom is -0.312 e. The molecule has 2 fully saturated rings. The van der Waals surface area contributed by atoms with Crippen molar-refractivity contribution in [3.8, 4) is 0 Å². The monoisotopic (exact) mass is 320 g/mol. The molecule has 0 radical (unpaired) electrons. The third-order valence-corrected chi connectivity index (χ3v) is 5.43. The summed E-state index contributed by atoms with van der Waals surface area (Å²) in [6.07, 6.45) is 1.81. The zero-order valence-electron chi connectivity index (χ0n) is 14.2. The zero-order valence-corrected chi connectivity index (χ0v) is 14.2. The van der Waals surface area contributed by atoms with E-state index in [9.17, 15) is 4.79 Å². The van der Waals surface area contributed by atoms with Gasteiger partial charge < -0.3 is 4.90 Å². The lowest BCUT2D eigenvalue weighted by Gasteiger charge is -2.24. The highest BCUT2D eigenvalue weighted by Gasteiger charge is 2.47. The summed E-state index contributed by atoms with van der Waals surface area (Å²) in [6.45, 7) is 6.04. The first-order valence-corrected chi connectivity index (χ1v) is 8.77. The molecule has 1 amide bonds. The summed E-state index contributed by atoms with van der Waals surface area (Å²) in [5, 5.41) is 0. The van der Waals surface area contributed by atoms with Crippen molar-refractivity contribution >= 4 is 11.6 Å². The van der Waals surface area contributed by atoms with Gasteiger partial charge in [0.1, 0.15) is 0 Å². The van der Waals surface area contributed by atoms with E-state index in [4.69, 9.17) is 0 Å². The third kappa shape index (κ3) is 2.96. The van der Waals surface area contributed by atoms with Gasteiger partial charge >= 0.3 is 0 Å². The Balaban J connectivity index is 1.45. The average Bonchev–Trinajstić information content (AvgIpc) is 3.12. The van der Waals surface area contributed by atoms with E-state index in [1.807, 2.05) is 4.90 Å². The van der Waals surface area contributed by atoms with Crippen molar-refractivity contribution in [3.05, 3.63) is 65.7 Å². The van der Waals surface area contributed by atoms with Gasteiger partial charge in [-0.25, -0.2) is 0 Å². The number of aryl methyl sites for hydroxylation is 1. The Morgan fingerprint density at radius 1 is 1.00 bits per heavy atom. The van der Waals surface area contributed by atoms with Crippen LogP contribution in [0.25, 0.3) is 0 Å². The van der Waals surface area contributed by atoms with Crippen LogP contribution in [-0.4, -0.2) is 30.4 Å². The minimum atomic E-state index is 0.136. The van der Waals surface area contributed by atoms with Crippen molar-refractivity contribution in [3.63, 3.8) is 0 Å². The van der Waals surface area contributed by atoms with Gasteiger partial charge in [-0.1, -0.05) is 48.0 Å². The average molecular weight is 320 g/mol. The molecule has 0 N–H and O–H groups in total. The summed E-state index contributed by atoms with van der Waals surface area (Å²) in [4.78, 5) is 17.1. The lowest BCUT2D eigenvalue weighted by atomic mass is 9.86. The van der Waals surface area contributed by atoms with Crippen LogP contribution >= 0.6 is 0 Å². The molecule has 24 heavy (non-hydrogen) atoms. The smallest absolute Gasteiger partial charge is 0.227 e. The fourth-order valence-corrected chi connectivity index (χ4v) is 4.13. The second kappa shape index (κ2) is 6.06. The molecule has 2 aromatic rings. The number of amides is 1. The van der Waals surface area contributed by atoms with Gasteiger partial charge in [-0.3, -0.25) is 9.69 Å². The highest BCUT2D eigenvalue weighted by atomic mass is 16.2. The van der Waals surface area contributed by atoms with Crippen LogP contribution in [0.2, 0.25) is 0 Å². The molecule has 2 aromatic carbocycles. The van der Waals surface area contributed by atoms with Gasteiger partial charge in [0.05, 0.1) is 0 Å². The number of anilines is 1. The quantitative estimate of drug-likeness (QED) is 0.862. The van der Waals surface area contributed by atoms with Gasteiger partial charge in [0.2, 0.25) is 5.91 Å². The Hall–Kier alpha value is -2.13. The van der Waals surface area contributed by atoms with Crippen molar-refractivity contribution in [2.45, 2.75) is 26.3 Å². The topological polar surface area (TPSA) is 23.6 Å². The van der Waals surface area contributed by atoms with Crippen LogP contribution in [0.5, 0.6) is 0 Å². The Bertz CT molecular complexity index is 725. The van der Waals surface area contributed by atoms with Gasteiger partial charge in [-0.15, -0.1) is 0 Å². The molecule has 1 spiro atoms. The Morgan fingerprint density at radius 3 is 2.50 bits per heavy atom. The van der Waals surface area contributed by atoms with E-state index in [0.29, 0.717) is 6.42 Å². The van der Waals surface area contributed by atoms with Crippen LogP contribution in [0, 0.1) is 12.3 Å². The number of nitrogens with zero attached hydrogens (tertiary/aromatic N) is 2. The summed E-state index contributed by atoms with van der Waals surface area (Å²) in [6, 6.07) is 18.9. The second-order valence-electron chi connectivity index (χ2n) is 7.44. The summed E-state index contributed by atoms with van der Waals surface area (Å²) in [5.41, 5.74) is 3.77. The largest absolute Gasteiger partial charge is 0.312 e. The van der Waals surface area contributed by atoms with E-state index in [2.05, 4.69) is 66.4 Å². The number of benzene rings is 2. The molecule has 4 rings (SSSR count). The predicted octanol–water partition coefficient (Wildman–Crippen LogP) is 3.62. The summed E-state index contributed by atoms with van der Waals surface area (Å²) >= 11 is 0. The van der Waals surface area contributed by atoms with Gasteiger partial charge in [0.15, 0.2) is 0 Å². The highest BCUT2D eigenvalue weighted by Crippen LogP contribution is 2.42. The van der Waals surface area contributed by atoms with E-state index in [0.717, 1.165) is 38.3 Å². The van der Waals surface area contributed by atoms with Crippen LogP contribution in [0.15, 0.2) is 54.6 Å². The molecule has 0 bridgehead atoms. The number of carbonyl (C=O) groups excluding carboxylic acids is 1. The number of likely N-dealkylation sites (tertiary alicyclic amines) is 1. The maximum absolute atomic E-state index is 12.6. The van der Waals surface area contributed by atoms with E-state index in [1.54, 1.807) is 0 Å². The third-order valence-electron chi connectivity index (χ3n) is 5.43. The van der Waals surface area contributed by atoms with Crippen LogP contribution in [0.3, 0.4) is 0 Å². The maximum atomic E-state index is 12.6. The number of hydrogen-bond donors (Lipinski definition) is 0. The predicted molar refractivity (Wildman–Crippen MR) is 96.9 cm³/mol. The molecule has 0 aliphatic carbocycles. The molecular formula is C21H24N2O. The maximum Gasteiger partial charge on any atom is 0.227 e. The molecular weight excluding hydrogens is 296 g/mol. The van der Waals surface area contributed by atoms with E-state index in [1.165, 1.54) is 11.1 Å². The first-order chi connectivity index (χ1) is 11.6. The van der Waals surface area contributed by atoms with Crippen LogP contribution < -0.4 is 4.90 Å². The molecule has 0 saturated carbocycles. The highest BCUT2D eigenvalue weighted by molar-refractivity contribution is 5.96. The van der Waals surface area contributed by atoms with Crippen LogP contribution in [0.1, 0.15) is 24.0 Å². The van der Waals surface area contributed by atoms with Crippen LogP contribution in [-0.2, 0) is 11.3 Å². The fourth-order valence-electron chi connectivity index (χ4n) is 4.13. The van der Waals surface area contributed by atoms with Gasteiger partial charge in [-0.2, -0.15) is 0 Å². The molecule has 2 heterocycles. The Morgan fingerprint density at radius 2 is 1.75 bits per heavy atom. The Kier molecular flexibility index (Phi) is 3.89. The van der Waals surface area contributed by atoms with E-state index < -0.39 is 0 Å². The number of rotatable bonds is 3. The summed E-state index contributed by atoms with van der Waals surface area (Å²) in [5.74, 6) is 0.278. The molecule has 3 nitrogen and oxygen atoms in total. The second-order valence-corrected chi connectivity index (χ2v) is 7.44. The SMILES string of the molecule is Cc1ccc(N2CC3(CCN(Cc4ccccc4)C3)CC2=O)cc1. The minimum absolute atomic E-state index is 0.136. The van der Waals surface area contributed by atoms with Crippen molar-refractivity contribution in [1.29, 1.82) is 0 Å². The van der Waals surface area contributed by atoms with Gasteiger partial charge in [0.25, 0.3) is 0 Å². The van der Waals surface area contributed by atoms with E-state index in [-0.39, 0.29) is 11.3 Å². The van der Waals surface area contributed by atoms with E-state index >= 15 is 0 Å². The number of carbonyl (C=O) groups is 1. The van der Waals surface area contributed by atoms with Crippen molar-refractivity contribution in [2.24, 2.45) is 5.41 Å². The molecule has 124 valence electrons.